The zero-order valence-corrected chi connectivity index (χ0v) is 26.5. The first-order valence-corrected chi connectivity index (χ1v) is 15.5. The molecular formula is C38H45FO6. The van der Waals surface area contributed by atoms with Crippen molar-refractivity contribution in [3.05, 3.63) is 108 Å². The Balaban J connectivity index is 1.62. The second-order valence-electron chi connectivity index (χ2n) is 11.3. The van der Waals surface area contributed by atoms with Crippen LogP contribution in [0.1, 0.15) is 50.2 Å². The largest absolute Gasteiger partial charge is 0.462 e. The fourth-order valence-electron chi connectivity index (χ4n) is 4.87. The molecule has 45 heavy (non-hydrogen) atoms. The number of esters is 2. The van der Waals surface area contributed by atoms with Crippen molar-refractivity contribution in [1.29, 1.82) is 0 Å². The van der Waals surface area contributed by atoms with Gasteiger partial charge in [-0.2, -0.15) is 0 Å². The summed E-state index contributed by atoms with van der Waals surface area (Å²) in [6.45, 7) is 9.42. The number of ether oxygens (including phenoxy) is 3. The molecule has 1 atom stereocenters. The molecule has 0 aliphatic rings. The third-order valence-electron chi connectivity index (χ3n) is 7.64. The fourth-order valence-corrected chi connectivity index (χ4v) is 4.87. The highest BCUT2D eigenvalue weighted by Gasteiger charge is 2.18. The number of hydrogen-bond donors (Lipinski definition) is 1. The van der Waals surface area contributed by atoms with E-state index < -0.39 is 11.9 Å². The van der Waals surface area contributed by atoms with Gasteiger partial charge in [0.1, 0.15) is 5.82 Å². The molecule has 1 unspecified atom stereocenters. The van der Waals surface area contributed by atoms with E-state index >= 15 is 4.39 Å². The Bertz CT molecular complexity index is 1380. The summed E-state index contributed by atoms with van der Waals surface area (Å²) in [5.74, 6) is -1.70. The summed E-state index contributed by atoms with van der Waals surface area (Å²) in [4.78, 5) is 24.4. The number of carbonyl (C=O) groups excluding carboxylic acids is 2. The summed E-state index contributed by atoms with van der Waals surface area (Å²) in [5.41, 5.74) is 5.80. The van der Waals surface area contributed by atoms with Crippen LogP contribution in [0.2, 0.25) is 0 Å². The highest BCUT2D eigenvalue weighted by Crippen LogP contribution is 2.29. The minimum absolute atomic E-state index is 0.0264. The van der Waals surface area contributed by atoms with Gasteiger partial charge in [-0.05, 0) is 59.6 Å². The molecule has 0 spiro atoms. The fraction of sp³-hybridized carbons (Fsp3) is 0.368. The molecule has 0 aliphatic carbocycles. The minimum Gasteiger partial charge on any atom is -0.462 e. The highest BCUT2D eigenvalue weighted by atomic mass is 19.1. The second-order valence-corrected chi connectivity index (χ2v) is 11.3. The average Bonchev–Trinajstić information content (AvgIpc) is 3.05. The van der Waals surface area contributed by atoms with Gasteiger partial charge in [0.2, 0.25) is 0 Å². The van der Waals surface area contributed by atoms with E-state index in [4.69, 9.17) is 19.3 Å². The van der Waals surface area contributed by atoms with E-state index in [9.17, 15) is 9.59 Å². The van der Waals surface area contributed by atoms with Crippen LogP contribution >= 0.6 is 0 Å². The first-order valence-electron chi connectivity index (χ1n) is 15.5. The van der Waals surface area contributed by atoms with Gasteiger partial charge in [0.25, 0.3) is 0 Å². The van der Waals surface area contributed by atoms with Gasteiger partial charge in [-0.25, -0.2) is 14.0 Å². The minimum atomic E-state index is -0.591. The number of methoxy groups -OCH3 is 1. The van der Waals surface area contributed by atoms with Crippen molar-refractivity contribution < 1.29 is 33.3 Å². The van der Waals surface area contributed by atoms with E-state index in [1.165, 1.54) is 25.5 Å². The van der Waals surface area contributed by atoms with Crippen LogP contribution in [0.5, 0.6) is 0 Å². The number of benzene rings is 3. The molecule has 3 aromatic carbocycles. The SMILES string of the molecule is C=C(CCO)C(=O)OCC(CCc1ccc(-c2ccc(-c3ccc(CCCCC)cc3)c(F)c2)cc1)COC(=O)C(=C)COC. The lowest BCUT2D eigenvalue weighted by Crippen LogP contribution is -2.23. The molecule has 0 aromatic heterocycles. The molecule has 0 amide bonds. The van der Waals surface area contributed by atoms with E-state index in [0.29, 0.717) is 18.4 Å². The van der Waals surface area contributed by atoms with Crippen molar-refractivity contribution in [2.75, 3.05) is 33.5 Å². The number of carbonyl (C=O) groups is 2. The summed E-state index contributed by atoms with van der Waals surface area (Å²) in [6, 6.07) is 21.4. The molecule has 0 saturated heterocycles. The molecule has 1 N–H and O–H groups in total. The summed E-state index contributed by atoms with van der Waals surface area (Å²) in [5, 5.41) is 9.05. The zero-order valence-electron chi connectivity index (χ0n) is 26.5. The van der Waals surface area contributed by atoms with E-state index in [2.05, 4.69) is 32.2 Å². The number of rotatable bonds is 19. The molecule has 0 heterocycles. The first-order chi connectivity index (χ1) is 21.7. The van der Waals surface area contributed by atoms with Crippen molar-refractivity contribution >= 4 is 11.9 Å². The van der Waals surface area contributed by atoms with Crippen LogP contribution in [-0.2, 0) is 36.6 Å². The molecule has 0 aliphatic heterocycles. The number of unbranched alkanes of at least 4 members (excludes halogenated alkanes) is 2. The van der Waals surface area contributed by atoms with Gasteiger partial charge in [-0.3, -0.25) is 0 Å². The summed E-state index contributed by atoms with van der Waals surface area (Å²) < 4.78 is 30.9. The third kappa shape index (κ3) is 11.4. The van der Waals surface area contributed by atoms with Crippen molar-refractivity contribution in [2.24, 2.45) is 5.92 Å². The van der Waals surface area contributed by atoms with Crippen molar-refractivity contribution in [3.63, 3.8) is 0 Å². The molecule has 0 saturated carbocycles. The molecule has 3 rings (SSSR count). The third-order valence-corrected chi connectivity index (χ3v) is 7.64. The predicted molar refractivity (Wildman–Crippen MR) is 176 cm³/mol. The maximum Gasteiger partial charge on any atom is 0.335 e. The van der Waals surface area contributed by atoms with Gasteiger partial charge in [0, 0.05) is 37.2 Å². The molecule has 0 fully saturated rings. The summed E-state index contributed by atoms with van der Waals surface area (Å²) in [7, 11) is 1.46. The standard InChI is InChI=1S/C38H45FO6/c1-5-6-7-8-29-13-17-33(18-14-29)35-20-19-34(23-36(35)39)32-15-11-30(12-16-32)9-10-31(25-44-37(41)27(2)21-22-40)26-45-38(42)28(3)24-43-4/h11-20,23,31,40H,2-3,5-10,21-22,24-26H2,1,4H3. The van der Waals surface area contributed by atoms with E-state index in [1.807, 2.05) is 48.5 Å². The van der Waals surface area contributed by atoms with Crippen LogP contribution in [-0.4, -0.2) is 50.6 Å². The Hall–Kier alpha value is -4.07. The van der Waals surface area contributed by atoms with Crippen LogP contribution in [0.25, 0.3) is 22.3 Å². The van der Waals surface area contributed by atoms with Crippen LogP contribution < -0.4 is 0 Å². The number of aliphatic hydroxyl groups is 1. The maximum absolute atomic E-state index is 15.2. The quantitative estimate of drug-likeness (QED) is 0.0846. The molecule has 240 valence electrons. The Morgan fingerprint density at radius 2 is 1.38 bits per heavy atom. The number of hydrogen-bond acceptors (Lipinski definition) is 6. The van der Waals surface area contributed by atoms with Gasteiger partial charge in [-0.15, -0.1) is 0 Å². The molecule has 6 nitrogen and oxygen atoms in total. The highest BCUT2D eigenvalue weighted by molar-refractivity contribution is 5.88. The molecular weight excluding hydrogens is 571 g/mol. The zero-order chi connectivity index (χ0) is 32.6. The van der Waals surface area contributed by atoms with Crippen LogP contribution in [0.15, 0.2) is 91.0 Å². The normalized spacial score (nSPS) is 11.6. The Morgan fingerprint density at radius 1 is 0.800 bits per heavy atom. The van der Waals surface area contributed by atoms with E-state index in [0.717, 1.165) is 35.1 Å². The van der Waals surface area contributed by atoms with Gasteiger partial charge >= 0.3 is 11.9 Å². The van der Waals surface area contributed by atoms with Crippen molar-refractivity contribution in [2.45, 2.75) is 51.9 Å². The molecule has 7 heteroatoms. The molecule has 3 aromatic rings. The van der Waals surface area contributed by atoms with Gasteiger partial charge in [-0.1, -0.05) is 93.6 Å². The molecule has 0 radical (unpaired) electrons. The first kappa shape index (κ1) is 35.4. The van der Waals surface area contributed by atoms with Crippen LogP contribution in [0.3, 0.4) is 0 Å². The van der Waals surface area contributed by atoms with Gasteiger partial charge in [0.05, 0.1) is 25.4 Å². The van der Waals surface area contributed by atoms with E-state index in [-0.39, 0.29) is 55.7 Å². The number of aryl methyl sites for hydroxylation is 2. The lowest BCUT2D eigenvalue weighted by molar-refractivity contribution is -0.144. The van der Waals surface area contributed by atoms with Crippen molar-refractivity contribution in [1.82, 2.24) is 0 Å². The number of aliphatic hydroxyl groups excluding tert-OH is 1. The summed E-state index contributed by atoms with van der Waals surface area (Å²) in [6.07, 6.45) is 5.94. The second kappa shape index (κ2) is 18.7. The topological polar surface area (TPSA) is 82.1 Å². The Kier molecular flexibility index (Phi) is 14.7. The maximum atomic E-state index is 15.2. The van der Waals surface area contributed by atoms with Crippen LogP contribution in [0, 0.1) is 11.7 Å². The lowest BCUT2D eigenvalue weighted by Gasteiger charge is -2.18. The average molecular weight is 617 g/mol. The summed E-state index contributed by atoms with van der Waals surface area (Å²) >= 11 is 0. The number of halogens is 1. The Labute approximate surface area is 266 Å². The van der Waals surface area contributed by atoms with Crippen molar-refractivity contribution in [3.8, 4) is 22.3 Å². The van der Waals surface area contributed by atoms with E-state index in [1.54, 1.807) is 6.07 Å². The van der Waals surface area contributed by atoms with Gasteiger partial charge in [0.15, 0.2) is 0 Å². The monoisotopic (exact) mass is 616 g/mol. The van der Waals surface area contributed by atoms with Crippen LogP contribution in [0.4, 0.5) is 4.39 Å². The predicted octanol–water partition coefficient (Wildman–Crippen LogP) is 7.67. The smallest absolute Gasteiger partial charge is 0.335 e. The van der Waals surface area contributed by atoms with Gasteiger partial charge < -0.3 is 19.3 Å². The lowest BCUT2D eigenvalue weighted by atomic mass is 9.96. The molecule has 0 bridgehead atoms. The Morgan fingerprint density at radius 3 is 1.96 bits per heavy atom.